The van der Waals surface area contributed by atoms with Crippen molar-refractivity contribution in [2.24, 2.45) is 0 Å². The van der Waals surface area contributed by atoms with Gasteiger partial charge in [-0.2, -0.15) is 0 Å². The van der Waals surface area contributed by atoms with Crippen LogP contribution >= 0.6 is 27.7 Å². The summed E-state index contributed by atoms with van der Waals surface area (Å²) in [5.41, 5.74) is 2.97. The molecule has 1 fully saturated rings. The maximum absolute atomic E-state index is 13.1. The minimum absolute atomic E-state index is 0.0923. The van der Waals surface area contributed by atoms with Crippen molar-refractivity contribution in [1.82, 2.24) is 15.1 Å². The molecule has 1 aliphatic heterocycles. The molecule has 1 aromatic heterocycles. The van der Waals surface area contributed by atoms with Crippen LogP contribution in [0.2, 0.25) is 0 Å². The van der Waals surface area contributed by atoms with E-state index in [9.17, 15) is 14.0 Å². The highest BCUT2D eigenvalue weighted by molar-refractivity contribution is 9.10. The summed E-state index contributed by atoms with van der Waals surface area (Å²) in [4.78, 5) is 29.1. The van der Waals surface area contributed by atoms with Gasteiger partial charge in [0.2, 0.25) is 11.8 Å². The van der Waals surface area contributed by atoms with Gasteiger partial charge in [-0.1, -0.05) is 23.9 Å². The number of aromatic nitrogens is 2. The van der Waals surface area contributed by atoms with E-state index in [2.05, 4.69) is 36.3 Å². The number of carbonyl (C=O) groups excluding carboxylic acids is 2. The van der Waals surface area contributed by atoms with Gasteiger partial charge in [0.1, 0.15) is 5.82 Å². The van der Waals surface area contributed by atoms with Crippen molar-refractivity contribution >= 4 is 50.9 Å². The number of hydrogen-bond acceptors (Lipinski definition) is 7. The molecule has 8 nitrogen and oxygen atoms in total. The van der Waals surface area contributed by atoms with Gasteiger partial charge in [0.15, 0.2) is 0 Å². The van der Waals surface area contributed by atoms with E-state index in [0.29, 0.717) is 48.5 Å². The second-order valence-corrected chi connectivity index (χ2v) is 10.3. The lowest BCUT2D eigenvalue weighted by Crippen LogP contribution is -2.48. The molecule has 0 spiro atoms. The average Bonchev–Trinajstić information content (AvgIpc) is 3.42. The van der Waals surface area contributed by atoms with E-state index in [0.717, 1.165) is 15.7 Å². The van der Waals surface area contributed by atoms with Crippen LogP contribution in [0.1, 0.15) is 10.4 Å². The third kappa shape index (κ3) is 6.22. The first-order chi connectivity index (χ1) is 18.5. The standard InChI is InChI=1S/C27H23BrFN5O3S/c28-23-4-2-1-3-22(23)25-31-32-27(37-25)38-17-24(35)30-20-9-11-21(12-10-20)33-13-15-34(16-14-33)26(36)18-5-7-19(29)8-6-18/h1-12H,13-17H2,(H,30,35). The summed E-state index contributed by atoms with van der Waals surface area (Å²) in [6, 6.07) is 20.8. The molecule has 0 atom stereocenters. The molecule has 11 heteroatoms. The number of halogens is 2. The van der Waals surface area contributed by atoms with Crippen LogP contribution in [0.4, 0.5) is 15.8 Å². The molecule has 0 aliphatic carbocycles. The summed E-state index contributed by atoms with van der Waals surface area (Å²) in [6.45, 7) is 2.51. The van der Waals surface area contributed by atoms with Crippen LogP contribution in [0.25, 0.3) is 11.5 Å². The van der Waals surface area contributed by atoms with Crippen LogP contribution in [0.3, 0.4) is 0 Å². The third-order valence-corrected chi connectivity index (χ3v) is 7.52. The van der Waals surface area contributed by atoms with E-state index in [-0.39, 0.29) is 23.4 Å². The fraction of sp³-hybridized carbons (Fsp3) is 0.185. The Morgan fingerprint density at radius 3 is 2.37 bits per heavy atom. The molecule has 3 aromatic carbocycles. The van der Waals surface area contributed by atoms with Crippen LogP contribution in [-0.2, 0) is 4.79 Å². The Morgan fingerprint density at radius 1 is 0.947 bits per heavy atom. The highest BCUT2D eigenvalue weighted by atomic mass is 79.9. The molecule has 38 heavy (non-hydrogen) atoms. The molecule has 0 radical (unpaired) electrons. The van der Waals surface area contributed by atoms with E-state index < -0.39 is 0 Å². The number of piperazine rings is 1. The molecule has 1 N–H and O–H groups in total. The van der Waals surface area contributed by atoms with Crippen molar-refractivity contribution in [2.75, 3.05) is 42.1 Å². The summed E-state index contributed by atoms with van der Waals surface area (Å²) in [5, 5.41) is 11.3. The summed E-state index contributed by atoms with van der Waals surface area (Å²) in [7, 11) is 0. The number of amides is 2. The maximum atomic E-state index is 13.1. The number of anilines is 2. The summed E-state index contributed by atoms with van der Waals surface area (Å²) < 4.78 is 19.7. The maximum Gasteiger partial charge on any atom is 0.277 e. The van der Waals surface area contributed by atoms with Crippen LogP contribution in [0, 0.1) is 5.82 Å². The van der Waals surface area contributed by atoms with Crippen molar-refractivity contribution in [1.29, 1.82) is 0 Å². The van der Waals surface area contributed by atoms with E-state index >= 15 is 0 Å². The van der Waals surface area contributed by atoms with Gasteiger partial charge in [0.25, 0.3) is 11.1 Å². The quantitative estimate of drug-likeness (QED) is 0.289. The molecule has 1 saturated heterocycles. The van der Waals surface area contributed by atoms with Crippen molar-refractivity contribution in [3.8, 4) is 11.5 Å². The number of carbonyl (C=O) groups is 2. The van der Waals surface area contributed by atoms with E-state index in [1.54, 1.807) is 4.90 Å². The lowest BCUT2D eigenvalue weighted by Gasteiger charge is -2.36. The smallest absolute Gasteiger partial charge is 0.277 e. The van der Waals surface area contributed by atoms with Gasteiger partial charge in [0, 0.05) is 47.6 Å². The van der Waals surface area contributed by atoms with Crippen molar-refractivity contribution in [3.63, 3.8) is 0 Å². The Hall–Kier alpha value is -3.70. The fourth-order valence-corrected chi connectivity index (χ4v) is 5.05. The van der Waals surface area contributed by atoms with Gasteiger partial charge in [-0.15, -0.1) is 10.2 Å². The van der Waals surface area contributed by atoms with Crippen LogP contribution in [0.5, 0.6) is 0 Å². The van der Waals surface area contributed by atoms with Crippen LogP contribution < -0.4 is 10.2 Å². The highest BCUT2D eigenvalue weighted by Gasteiger charge is 2.22. The molecular weight excluding hydrogens is 573 g/mol. The normalized spacial score (nSPS) is 13.4. The van der Waals surface area contributed by atoms with Gasteiger partial charge in [-0.05, 0) is 76.6 Å². The molecular formula is C27H23BrFN5O3S. The number of benzene rings is 3. The molecule has 2 amide bonds. The largest absolute Gasteiger partial charge is 0.411 e. The summed E-state index contributed by atoms with van der Waals surface area (Å²) >= 11 is 4.63. The van der Waals surface area contributed by atoms with Gasteiger partial charge in [0.05, 0.1) is 11.3 Å². The number of thioether (sulfide) groups is 1. The molecule has 5 rings (SSSR count). The molecule has 4 aromatic rings. The lowest BCUT2D eigenvalue weighted by atomic mass is 10.1. The monoisotopic (exact) mass is 595 g/mol. The zero-order valence-electron chi connectivity index (χ0n) is 20.1. The molecule has 194 valence electrons. The molecule has 0 unspecified atom stereocenters. The Morgan fingerprint density at radius 2 is 1.66 bits per heavy atom. The SMILES string of the molecule is O=C(CSc1nnc(-c2ccccc2Br)o1)Nc1ccc(N2CCN(C(=O)c3ccc(F)cc3)CC2)cc1. The first-order valence-corrected chi connectivity index (χ1v) is 13.6. The van der Waals surface area contributed by atoms with E-state index in [4.69, 9.17) is 4.42 Å². The summed E-state index contributed by atoms with van der Waals surface area (Å²) in [5.74, 6) is -0.121. The molecule has 0 bridgehead atoms. The average molecular weight is 596 g/mol. The second kappa shape index (κ2) is 11.8. The molecule has 2 heterocycles. The highest BCUT2D eigenvalue weighted by Crippen LogP contribution is 2.29. The Kier molecular flexibility index (Phi) is 8.04. The number of nitrogens with zero attached hydrogens (tertiary/aromatic N) is 4. The van der Waals surface area contributed by atoms with Crippen molar-refractivity contribution in [2.45, 2.75) is 5.22 Å². The number of rotatable bonds is 7. The van der Waals surface area contributed by atoms with E-state index in [1.165, 1.54) is 36.0 Å². The molecule has 0 saturated carbocycles. The topological polar surface area (TPSA) is 91.6 Å². The minimum Gasteiger partial charge on any atom is -0.411 e. The van der Waals surface area contributed by atoms with Crippen molar-refractivity contribution < 1.29 is 18.4 Å². The third-order valence-electron chi connectivity index (χ3n) is 6.01. The van der Waals surface area contributed by atoms with E-state index in [1.807, 2.05) is 48.5 Å². The van der Waals surface area contributed by atoms with Gasteiger partial charge < -0.3 is 19.5 Å². The lowest BCUT2D eigenvalue weighted by molar-refractivity contribution is -0.113. The Labute approximate surface area is 231 Å². The number of hydrogen-bond donors (Lipinski definition) is 1. The summed E-state index contributed by atoms with van der Waals surface area (Å²) in [6.07, 6.45) is 0. The zero-order chi connectivity index (χ0) is 26.5. The zero-order valence-corrected chi connectivity index (χ0v) is 22.5. The fourth-order valence-electron chi connectivity index (χ4n) is 4.03. The van der Waals surface area contributed by atoms with Gasteiger partial charge >= 0.3 is 0 Å². The first-order valence-electron chi connectivity index (χ1n) is 11.9. The predicted octanol–water partition coefficient (Wildman–Crippen LogP) is 5.33. The first kappa shape index (κ1) is 25.9. The molecule has 1 aliphatic rings. The minimum atomic E-state index is -0.359. The van der Waals surface area contributed by atoms with Gasteiger partial charge in [-0.3, -0.25) is 9.59 Å². The number of nitrogens with one attached hydrogen (secondary N) is 1. The van der Waals surface area contributed by atoms with Gasteiger partial charge in [-0.25, -0.2) is 4.39 Å². The van der Waals surface area contributed by atoms with Crippen LogP contribution in [-0.4, -0.2) is 58.8 Å². The van der Waals surface area contributed by atoms with Crippen molar-refractivity contribution in [3.05, 3.63) is 88.6 Å². The predicted molar refractivity (Wildman–Crippen MR) is 148 cm³/mol. The Balaban J connectivity index is 1.09. The van der Waals surface area contributed by atoms with Crippen LogP contribution in [0.15, 0.2) is 86.9 Å². The Bertz CT molecular complexity index is 1420. The second-order valence-electron chi connectivity index (χ2n) is 8.52.